The van der Waals surface area contributed by atoms with Gasteiger partial charge in [0, 0.05) is 24.9 Å². The third kappa shape index (κ3) is 3.73. The van der Waals surface area contributed by atoms with Crippen molar-refractivity contribution in [3.8, 4) is 11.5 Å². The second kappa shape index (κ2) is 7.41. The smallest absolute Gasteiger partial charge is 0.320 e. The number of nitrogens with zero attached hydrogens (tertiary/aromatic N) is 1. The normalized spacial score (nSPS) is 19.2. The molecule has 1 aliphatic heterocycles. The van der Waals surface area contributed by atoms with Crippen molar-refractivity contribution in [2.75, 3.05) is 40.2 Å². The zero-order valence-electron chi connectivity index (χ0n) is 13.1. The maximum absolute atomic E-state index is 12.8. The molecule has 0 bridgehead atoms. The molecule has 1 aliphatic rings. The fourth-order valence-electron chi connectivity index (χ4n) is 2.24. The van der Waals surface area contributed by atoms with Crippen molar-refractivity contribution in [2.45, 2.75) is 10.1 Å². The standard InChI is InChI=1S/C14H19NO6S2/c1-19-11-5-4-10(8-12(11)20-2)23(17,18)15-6-7-22-13(9-15)14(16)21-3/h4-5,8,13H,6-7,9H2,1-3H3/t13-/m0/s1. The van der Waals surface area contributed by atoms with Crippen molar-refractivity contribution in [3.63, 3.8) is 0 Å². The van der Waals surface area contributed by atoms with Crippen LogP contribution in [0.25, 0.3) is 0 Å². The Labute approximate surface area is 139 Å². The number of rotatable bonds is 5. The Kier molecular flexibility index (Phi) is 5.77. The highest BCUT2D eigenvalue weighted by Crippen LogP contribution is 2.32. The average molecular weight is 361 g/mol. The van der Waals surface area contributed by atoms with Crippen LogP contribution in [0.1, 0.15) is 0 Å². The lowest BCUT2D eigenvalue weighted by molar-refractivity contribution is -0.140. The Morgan fingerprint density at radius 1 is 1.22 bits per heavy atom. The van der Waals surface area contributed by atoms with Crippen LogP contribution in [0.5, 0.6) is 11.5 Å². The van der Waals surface area contributed by atoms with Gasteiger partial charge in [-0.1, -0.05) is 0 Å². The molecular weight excluding hydrogens is 342 g/mol. The summed E-state index contributed by atoms with van der Waals surface area (Å²) in [5.41, 5.74) is 0. The van der Waals surface area contributed by atoms with Crippen LogP contribution in [0.4, 0.5) is 0 Å². The molecule has 0 radical (unpaired) electrons. The van der Waals surface area contributed by atoms with Crippen LogP contribution in [0, 0.1) is 0 Å². The van der Waals surface area contributed by atoms with Crippen molar-refractivity contribution in [1.82, 2.24) is 4.31 Å². The molecule has 23 heavy (non-hydrogen) atoms. The highest BCUT2D eigenvalue weighted by molar-refractivity contribution is 8.00. The minimum Gasteiger partial charge on any atom is -0.493 e. The summed E-state index contributed by atoms with van der Waals surface area (Å²) >= 11 is 1.40. The first-order valence-electron chi connectivity index (χ1n) is 6.85. The molecule has 0 N–H and O–H groups in total. The first-order valence-corrected chi connectivity index (χ1v) is 9.34. The van der Waals surface area contributed by atoms with Gasteiger partial charge in [0.05, 0.1) is 26.2 Å². The largest absolute Gasteiger partial charge is 0.493 e. The molecule has 1 aromatic rings. The lowest BCUT2D eigenvalue weighted by atomic mass is 10.3. The Balaban J connectivity index is 2.29. The lowest BCUT2D eigenvalue weighted by Gasteiger charge is -2.30. The van der Waals surface area contributed by atoms with E-state index in [1.54, 1.807) is 6.07 Å². The average Bonchev–Trinajstić information content (AvgIpc) is 2.60. The topological polar surface area (TPSA) is 82.1 Å². The third-order valence-electron chi connectivity index (χ3n) is 3.49. The van der Waals surface area contributed by atoms with Gasteiger partial charge in [-0.05, 0) is 12.1 Å². The van der Waals surface area contributed by atoms with Crippen LogP contribution in [-0.2, 0) is 19.6 Å². The van der Waals surface area contributed by atoms with E-state index in [4.69, 9.17) is 14.2 Å². The van der Waals surface area contributed by atoms with E-state index < -0.39 is 21.2 Å². The predicted octanol–water partition coefficient (Wildman–Crippen LogP) is 0.983. The molecule has 7 nitrogen and oxygen atoms in total. The Bertz CT molecular complexity index is 676. The van der Waals surface area contributed by atoms with Crippen molar-refractivity contribution in [1.29, 1.82) is 0 Å². The zero-order valence-corrected chi connectivity index (χ0v) is 14.8. The van der Waals surface area contributed by atoms with E-state index in [0.717, 1.165) is 0 Å². The molecule has 128 valence electrons. The van der Waals surface area contributed by atoms with E-state index in [2.05, 4.69) is 0 Å². The molecule has 9 heteroatoms. The number of sulfonamides is 1. The summed E-state index contributed by atoms with van der Waals surface area (Å²) in [5, 5.41) is -0.510. The molecule has 0 amide bonds. The summed E-state index contributed by atoms with van der Waals surface area (Å²) < 4.78 is 41.8. The van der Waals surface area contributed by atoms with Crippen LogP contribution in [0.2, 0.25) is 0 Å². The van der Waals surface area contributed by atoms with E-state index in [9.17, 15) is 13.2 Å². The molecule has 0 unspecified atom stereocenters. The van der Waals surface area contributed by atoms with E-state index in [1.165, 1.54) is 49.5 Å². The summed E-state index contributed by atoms with van der Waals surface area (Å²) in [6.07, 6.45) is 0. The predicted molar refractivity (Wildman–Crippen MR) is 86.6 cm³/mol. The minimum atomic E-state index is -3.72. The van der Waals surface area contributed by atoms with Crippen LogP contribution >= 0.6 is 11.8 Å². The van der Waals surface area contributed by atoms with Crippen molar-refractivity contribution in [2.24, 2.45) is 0 Å². The Hall–Kier alpha value is -1.45. The van der Waals surface area contributed by atoms with Crippen molar-refractivity contribution < 1.29 is 27.4 Å². The van der Waals surface area contributed by atoms with E-state index in [-0.39, 0.29) is 11.4 Å². The number of carbonyl (C=O) groups is 1. The van der Waals surface area contributed by atoms with Crippen LogP contribution in [0.3, 0.4) is 0 Å². The van der Waals surface area contributed by atoms with Gasteiger partial charge in [-0.25, -0.2) is 8.42 Å². The summed E-state index contributed by atoms with van der Waals surface area (Å²) in [6.45, 7) is 0.433. The Morgan fingerprint density at radius 2 is 1.91 bits per heavy atom. The van der Waals surface area contributed by atoms with Gasteiger partial charge in [0.25, 0.3) is 0 Å². The number of benzene rings is 1. The number of hydrogen-bond donors (Lipinski definition) is 0. The fourth-order valence-corrected chi connectivity index (χ4v) is 5.05. The van der Waals surface area contributed by atoms with Crippen molar-refractivity contribution in [3.05, 3.63) is 18.2 Å². The highest BCUT2D eigenvalue weighted by atomic mass is 32.2. The number of thioether (sulfide) groups is 1. The summed E-state index contributed by atoms with van der Waals surface area (Å²) in [7, 11) is 0.503. The van der Waals surface area contributed by atoms with Gasteiger partial charge in [0.15, 0.2) is 11.5 Å². The Morgan fingerprint density at radius 3 is 2.52 bits per heavy atom. The number of methoxy groups -OCH3 is 3. The van der Waals surface area contributed by atoms with Gasteiger partial charge >= 0.3 is 5.97 Å². The number of carbonyl (C=O) groups excluding carboxylic acids is 1. The molecular formula is C14H19NO6S2. The van der Waals surface area contributed by atoms with Gasteiger partial charge < -0.3 is 14.2 Å². The molecule has 0 aromatic heterocycles. The number of hydrogen-bond acceptors (Lipinski definition) is 7. The first-order chi connectivity index (χ1) is 10.9. The van der Waals surface area contributed by atoms with Crippen LogP contribution in [0.15, 0.2) is 23.1 Å². The van der Waals surface area contributed by atoms with Gasteiger partial charge in [-0.2, -0.15) is 4.31 Å². The summed E-state index contributed by atoms with van der Waals surface area (Å²) in [5.74, 6) is 0.909. The molecule has 0 spiro atoms. The quantitative estimate of drug-likeness (QED) is 0.723. The molecule has 1 heterocycles. The van der Waals surface area contributed by atoms with Gasteiger partial charge in [0.2, 0.25) is 10.0 Å². The minimum absolute atomic E-state index is 0.0913. The van der Waals surface area contributed by atoms with Gasteiger partial charge in [0.1, 0.15) is 5.25 Å². The van der Waals surface area contributed by atoms with E-state index in [0.29, 0.717) is 23.8 Å². The monoisotopic (exact) mass is 361 g/mol. The maximum Gasteiger partial charge on any atom is 0.320 e. The SMILES string of the molecule is COC(=O)[C@@H]1CN(S(=O)(=O)c2ccc(OC)c(OC)c2)CCS1. The third-order valence-corrected chi connectivity index (χ3v) is 6.51. The summed E-state index contributed by atoms with van der Waals surface area (Å²) in [6, 6.07) is 4.43. The highest BCUT2D eigenvalue weighted by Gasteiger charge is 2.34. The molecule has 2 rings (SSSR count). The van der Waals surface area contributed by atoms with Crippen LogP contribution in [-0.4, -0.2) is 64.1 Å². The number of esters is 1. The molecule has 0 saturated carbocycles. The van der Waals surface area contributed by atoms with Crippen molar-refractivity contribution >= 4 is 27.8 Å². The van der Waals surface area contributed by atoms with Gasteiger partial charge in [-0.3, -0.25) is 4.79 Å². The molecule has 1 atom stereocenters. The number of ether oxygens (including phenoxy) is 3. The van der Waals surface area contributed by atoms with Gasteiger partial charge in [-0.15, -0.1) is 11.8 Å². The van der Waals surface area contributed by atoms with E-state index in [1.807, 2.05) is 0 Å². The molecule has 0 aliphatic carbocycles. The van der Waals surface area contributed by atoms with Crippen LogP contribution < -0.4 is 9.47 Å². The zero-order chi connectivity index (χ0) is 17.0. The molecule has 1 saturated heterocycles. The summed E-state index contributed by atoms with van der Waals surface area (Å²) in [4.78, 5) is 11.8. The first kappa shape index (κ1) is 17.9. The molecule has 1 aromatic carbocycles. The lowest BCUT2D eigenvalue weighted by Crippen LogP contribution is -2.44. The second-order valence-corrected chi connectivity index (χ2v) is 8.01. The second-order valence-electron chi connectivity index (χ2n) is 4.76. The van der Waals surface area contributed by atoms with E-state index >= 15 is 0 Å². The maximum atomic E-state index is 12.8. The molecule has 1 fully saturated rings. The fraction of sp³-hybridized carbons (Fsp3) is 0.500.